The number of ketones is 1. The Bertz CT molecular complexity index is 1320. The van der Waals surface area contributed by atoms with E-state index >= 15 is 0 Å². The Morgan fingerprint density at radius 2 is 1.82 bits per heavy atom. The third kappa shape index (κ3) is 4.17. The van der Waals surface area contributed by atoms with E-state index in [0.29, 0.717) is 33.8 Å². The molecule has 0 saturated heterocycles. The molecule has 166 valence electrons. The van der Waals surface area contributed by atoms with Crippen molar-refractivity contribution in [2.45, 2.75) is 12.1 Å². The van der Waals surface area contributed by atoms with Crippen LogP contribution in [0.15, 0.2) is 71.9 Å². The minimum atomic E-state index is -0.0319. The number of rotatable bonds is 7. The van der Waals surface area contributed by atoms with Crippen LogP contribution in [0.2, 0.25) is 0 Å². The number of hydrogen-bond acceptors (Lipinski definition) is 7. The molecule has 2 heterocycles. The summed E-state index contributed by atoms with van der Waals surface area (Å²) in [6, 6.07) is 21.0. The van der Waals surface area contributed by atoms with Gasteiger partial charge in [-0.25, -0.2) is 0 Å². The Balaban J connectivity index is 1.48. The second-order valence-electron chi connectivity index (χ2n) is 7.46. The number of Topliss-reactive ketones (excluding diaryl/α,β-unsaturated/α-hetero) is 1. The summed E-state index contributed by atoms with van der Waals surface area (Å²) in [4.78, 5) is 12.9. The van der Waals surface area contributed by atoms with E-state index in [4.69, 9.17) is 14.2 Å². The van der Waals surface area contributed by atoms with Crippen LogP contribution >= 0.6 is 11.8 Å². The summed E-state index contributed by atoms with van der Waals surface area (Å²) in [7, 11) is 1.63. The molecular weight excluding hydrogens is 438 g/mol. The molecule has 4 aromatic rings. The first-order valence-electron chi connectivity index (χ1n) is 10.4. The fourth-order valence-corrected chi connectivity index (χ4v) is 4.42. The zero-order valence-electron chi connectivity index (χ0n) is 18.1. The molecule has 8 heteroatoms. The van der Waals surface area contributed by atoms with E-state index in [0.717, 1.165) is 16.8 Å². The Morgan fingerprint density at radius 1 is 1.03 bits per heavy atom. The largest absolute Gasteiger partial charge is 0.496 e. The molecule has 0 aliphatic carbocycles. The predicted octanol–water partition coefficient (Wildman–Crippen LogP) is 4.96. The molecule has 5 rings (SSSR count). The molecule has 1 aliphatic heterocycles. The quantitative estimate of drug-likeness (QED) is 0.286. The van der Waals surface area contributed by atoms with Gasteiger partial charge in [0.2, 0.25) is 6.79 Å². The number of hydrogen-bond donors (Lipinski definition) is 0. The smallest absolute Gasteiger partial charge is 0.231 e. The van der Waals surface area contributed by atoms with Gasteiger partial charge in [0.25, 0.3) is 0 Å². The maximum absolute atomic E-state index is 12.9. The maximum atomic E-state index is 12.9. The molecule has 0 unspecified atom stereocenters. The van der Waals surface area contributed by atoms with Crippen molar-refractivity contribution in [2.75, 3.05) is 19.7 Å². The third-order valence-corrected chi connectivity index (χ3v) is 6.23. The Hall–Kier alpha value is -3.78. The summed E-state index contributed by atoms with van der Waals surface area (Å²) in [5.41, 5.74) is 3.45. The highest BCUT2D eigenvalue weighted by molar-refractivity contribution is 7.99. The first kappa shape index (κ1) is 21.1. The number of nitrogens with zero attached hydrogens (tertiary/aromatic N) is 3. The number of ether oxygens (including phenoxy) is 3. The van der Waals surface area contributed by atoms with Crippen molar-refractivity contribution in [1.29, 1.82) is 0 Å². The van der Waals surface area contributed by atoms with E-state index in [1.807, 2.05) is 60.0 Å². The van der Waals surface area contributed by atoms with Gasteiger partial charge in [0.15, 0.2) is 28.3 Å². The van der Waals surface area contributed by atoms with Gasteiger partial charge in [0.05, 0.1) is 18.4 Å². The molecule has 33 heavy (non-hydrogen) atoms. The van der Waals surface area contributed by atoms with E-state index in [2.05, 4.69) is 10.2 Å². The highest BCUT2D eigenvalue weighted by Gasteiger charge is 2.21. The third-order valence-electron chi connectivity index (χ3n) is 5.30. The summed E-state index contributed by atoms with van der Waals surface area (Å²) in [6.07, 6.45) is 0. The summed E-state index contributed by atoms with van der Waals surface area (Å²) < 4.78 is 18.2. The topological polar surface area (TPSA) is 75.5 Å². The number of aromatic nitrogens is 3. The van der Waals surface area contributed by atoms with Gasteiger partial charge in [-0.1, -0.05) is 41.6 Å². The molecule has 0 atom stereocenters. The monoisotopic (exact) mass is 459 g/mol. The summed E-state index contributed by atoms with van der Waals surface area (Å²) in [5, 5.41) is 9.49. The number of carbonyl (C=O) groups is 1. The number of aryl methyl sites for hydroxylation is 1. The molecule has 0 amide bonds. The predicted molar refractivity (Wildman–Crippen MR) is 126 cm³/mol. The molecule has 0 radical (unpaired) electrons. The molecule has 0 bridgehead atoms. The van der Waals surface area contributed by atoms with Crippen LogP contribution in [-0.4, -0.2) is 40.2 Å². The molecule has 3 aromatic carbocycles. The first-order chi connectivity index (χ1) is 16.1. The van der Waals surface area contributed by atoms with Gasteiger partial charge in [0, 0.05) is 11.3 Å². The van der Waals surface area contributed by atoms with Crippen molar-refractivity contribution >= 4 is 17.5 Å². The molecule has 7 nitrogen and oxygen atoms in total. The van der Waals surface area contributed by atoms with Crippen molar-refractivity contribution < 1.29 is 19.0 Å². The van der Waals surface area contributed by atoms with Gasteiger partial charge in [-0.15, -0.1) is 10.2 Å². The number of benzene rings is 3. The van der Waals surface area contributed by atoms with E-state index < -0.39 is 0 Å². The van der Waals surface area contributed by atoms with Gasteiger partial charge in [-0.2, -0.15) is 0 Å². The molecule has 0 saturated carbocycles. The minimum absolute atomic E-state index is 0.0319. The number of fused-ring (bicyclic) bond motifs is 1. The molecule has 0 N–H and O–H groups in total. The second-order valence-corrected chi connectivity index (χ2v) is 8.40. The van der Waals surface area contributed by atoms with Crippen LogP contribution in [0.1, 0.15) is 15.9 Å². The van der Waals surface area contributed by atoms with E-state index in [9.17, 15) is 4.79 Å². The van der Waals surface area contributed by atoms with Gasteiger partial charge in [-0.3, -0.25) is 9.36 Å². The van der Waals surface area contributed by atoms with Crippen LogP contribution in [0.25, 0.3) is 17.1 Å². The van der Waals surface area contributed by atoms with Crippen LogP contribution in [-0.2, 0) is 0 Å². The molecule has 0 spiro atoms. The van der Waals surface area contributed by atoms with Crippen molar-refractivity contribution in [3.63, 3.8) is 0 Å². The van der Waals surface area contributed by atoms with Gasteiger partial charge < -0.3 is 14.2 Å². The van der Waals surface area contributed by atoms with E-state index in [-0.39, 0.29) is 18.3 Å². The van der Waals surface area contributed by atoms with Gasteiger partial charge in [-0.05, 0) is 49.4 Å². The molecule has 1 aromatic heterocycles. The minimum Gasteiger partial charge on any atom is -0.496 e. The normalized spacial score (nSPS) is 12.1. The summed E-state index contributed by atoms with van der Waals surface area (Å²) >= 11 is 1.34. The van der Waals surface area contributed by atoms with Crippen molar-refractivity contribution in [3.8, 4) is 34.3 Å². The lowest BCUT2D eigenvalue weighted by molar-refractivity contribution is 0.102. The highest BCUT2D eigenvalue weighted by atomic mass is 32.2. The zero-order chi connectivity index (χ0) is 22.8. The number of thioether (sulfide) groups is 1. The van der Waals surface area contributed by atoms with Crippen LogP contribution < -0.4 is 14.2 Å². The highest BCUT2D eigenvalue weighted by Crippen LogP contribution is 2.35. The lowest BCUT2D eigenvalue weighted by Gasteiger charge is -2.12. The molecule has 0 fully saturated rings. The Kier molecular flexibility index (Phi) is 5.75. The van der Waals surface area contributed by atoms with Crippen LogP contribution in [0.4, 0.5) is 0 Å². The van der Waals surface area contributed by atoms with Crippen molar-refractivity contribution in [1.82, 2.24) is 14.8 Å². The van der Waals surface area contributed by atoms with E-state index in [1.54, 1.807) is 25.3 Å². The van der Waals surface area contributed by atoms with Gasteiger partial charge in [0.1, 0.15) is 5.75 Å². The second kappa shape index (κ2) is 8.99. The van der Waals surface area contributed by atoms with Crippen molar-refractivity contribution in [3.05, 3.63) is 77.9 Å². The zero-order valence-corrected chi connectivity index (χ0v) is 19.0. The van der Waals surface area contributed by atoms with Crippen LogP contribution in [0.5, 0.6) is 17.2 Å². The van der Waals surface area contributed by atoms with Gasteiger partial charge >= 0.3 is 0 Å². The average molecular weight is 460 g/mol. The first-order valence-corrected chi connectivity index (χ1v) is 11.3. The maximum Gasteiger partial charge on any atom is 0.231 e. The van der Waals surface area contributed by atoms with Crippen LogP contribution in [0, 0.1) is 6.92 Å². The summed E-state index contributed by atoms with van der Waals surface area (Å²) in [6.45, 7) is 2.21. The van der Waals surface area contributed by atoms with E-state index in [1.165, 1.54) is 11.8 Å². The average Bonchev–Trinajstić information content (AvgIpc) is 3.49. The number of methoxy groups -OCH3 is 1. The molecule has 1 aliphatic rings. The molecular formula is C25H21N3O4S. The lowest BCUT2D eigenvalue weighted by Crippen LogP contribution is -2.05. The Morgan fingerprint density at radius 3 is 2.64 bits per heavy atom. The number of carbonyl (C=O) groups excluding carboxylic acids is 1. The Labute approximate surface area is 195 Å². The fraction of sp³-hybridized carbons (Fsp3) is 0.160. The van der Waals surface area contributed by atoms with Crippen LogP contribution in [0.3, 0.4) is 0 Å². The van der Waals surface area contributed by atoms with Crippen molar-refractivity contribution in [2.24, 2.45) is 0 Å². The summed E-state index contributed by atoms with van der Waals surface area (Å²) in [5.74, 6) is 2.76. The SMILES string of the molecule is COc1ccccc1-c1nnc(SCC(=O)c2ccc3c(c2)OCO3)n1-c1ccc(C)cc1. The standard InChI is InChI=1S/C25H21N3O4S/c1-16-7-10-18(11-8-16)28-24(19-5-3-4-6-21(19)30-2)26-27-25(28)33-14-20(29)17-9-12-22-23(13-17)32-15-31-22/h3-13H,14-15H2,1-2H3. The number of para-hydroxylation sites is 1. The fourth-order valence-electron chi connectivity index (χ4n) is 3.58. The lowest BCUT2D eigenvalue weighted by atomic mass is 10.1.